The van der Waals surface area contributed by atoms with E-state index in [2.05, 4.69) is 9.97 Å². The Morgan fingerprint density at radius 2 is 1.73 bits per heavy atom. The second-order valence-corrected chi connectivity index (χ2v) is 4.00. The highest BCUT2D eigenvalue weighted by molar-refractivity contribution is 6.02. The lowest BCUT2D eigenvalue weighted by atomic mass is 10.0. The third-order valence-corrected chi connectivity index (χ3v) is 2.59. The maximum atomic E-state index is 11.9. The average Bonchev–Trinajstić information content (AvgIpc) is 2.45. The van der Waals surface area contributed by atoms with Gasteiger partial charge in [0.2, 0.25) is 0 Å². The van der Waals surface area contributed by atoms with Crippen molar-refractivity contribution in [3.8, 4) is 11.8 Å². The predicted octanol–water partition coefficient (Wildman–Crippen LogP) is 0.638. The SMILES string of the molecule is CCOC(=O)C(C(C)=O)c1nc(OC)c([N+](=O)[O-])c(OC)n1. The fourth-order valence-electron chi connectivity index (χ4n) is 1.68. The Morgan fingerprint density at radius 1 is 1.23 bits per heavy atom. The normalized spacial score (nSPS) is 11.5. The van der Waals surface area contributed by atoms with E-state index >= 15 is 0 Å². The number of methoxy groups -OCH3 is 2. The summed E-state index contributed by atoms with van der Waals surface area (Å²) in [6.45, 7) is 2.79. The number of Topliss-reactive ketones (excluding diaryl/α,β-unsaturated/α-hetero) is 1. The van der Waals surface area contributed by atoms with Crippen molar-refractivity contribution < 1.29 is 28.7 Å². The molecule has 10 heteroatoms. The first-order valence-corrected chi connectivity index (χ1v) is 6.18. The maximum absolute atomic E-state index is 11.9. The van der Waals surface area contributed by atoms with E-state index < -0.39 is 40.0 Å². The lowest BCUT2D eigenvalue weighted by Gasteiger charge is -2.13. The van der Waals surface area contributed by atoms with Crippen LogP contribution in [0.5, 0.6) is 11.8 Å². The van der Waals surface area contributed by atoms with E-state index in [9.17, 15) is 19.7 Å². The number of hydrogen-bond acceptors (Lipinski definition) is 9. The number of esters is 1. The Balaban J connectivity index is 3.49. The molecule has 1 rings (SSSR count). The van der Waals surface area contributed by atoms with Crippen molar-refractivity contribution >= 4 is 17.4 Å². The largest absolute Gasteiger partial charge is 0.476 e. The molecule has 0 fully saturated rings. The monoisotopic (exact) mass is 313 g/mol. The molecule has 0 aliphatic heterocycles. The van der Waals surface area contributed by atoms with Crippen LogP contribution in [0.1, 0.15) is 25.6 Å². The molecule has 1 aromatic heterocycles. The summed E-state index contributed by atoms with van der Waals surface area (Å²) in [6, 6.07) is 0. The summed E-state index contributed by atoms with van der Waals surface area (Å²) >= 11 is 0. The van der Waals surface area contributed by atoms with Crippen LogP contribution in [0.25, 0.3) is 0 Å². The zero-order valence-electron chi connectivity index (χ0n) is 12.5. The number of hydrogen-bond donors (Lipinski definition) is 0. The molecule has 0 N–H and O–H groups in total. The number of rotatable bonds is 7. The molecular formula is C12H15N3O7. The van der Waals surface area contributed by atoms with E-state index in [-0.39, 0.29) is 12.4 Å². The average molecular weight is 313 g/mol. The quantitative estimate of drug-likeness (QED) is 0.308. The molecule has 0 aromatic carbocycles. The molecular weight excluding hydrogens is 298 g/mol. The van der Waals surface area contributed by atoms with E-state index in [1.54, 1.807) is 6.92 Å². The van der Waals surface area contributed by atoms with Crippen LogP contribution in [0.15, 0.2) is 0 Å². The Hall–Kier alpha value is -2.78. The van der Waals surface area contributed by atoms with Gasteiger partial charge in [-0.3, -0.25) is 19.7 Å². The lowest BCUT2D eigenvalue weighted by molar-refractivity contribution is -0.387. The molecule has 0 radical (unpaired) electrons. The number of ketones is 1. The molecule has 0 saturated carbocycles. The van der Waals surface area contributed by atoms with Crippen molar-refractivity contribution in [1.82, 2.24) is 9.97 Å². The van der Waals surface area contributed by atoms with Crippen LogP contribution in [0.2, 0.25) is 0 Å². The minimum atomic E-state index is -1.41. The van der Waals surface area contributed by atoms with Gasteiger partial charge in [-0.05, 0) is 13.8 Å². The summed E-state index contributed by atoms with van der Waals surface area (Å²) in [5.41, 5.74) is -0.597. The van der Waals surface area contributed by atoms with Gasteiger partial charge in [-0.2, -0.15) is 9.97 Å². The van der Waals surface area contributed by atoms with E-state index in [0.29, 0.717) is 0 Å². The van der Waals surface area contributed by atoms with E-state index in [0.717, 1.165) is 21.1 Å². The van der Waals surface area contributed by atoms with Gasteiger partial charge < -0.3 is 14.2 Å². The smallest absolute Gasteiger partial charge is 0.392 e. The minimum absolute atomic E-state index is 0.0594. The standard InChI is InChI=1S/C12H15N3O7/c1-5-22-12(17)7(6(2)16)9-13-10(20-3)8(15(18)19)11(14-9)21-4/h7H,5H2,1-4H3. The predicted molar refractivity (Wildman–Crippen MR) is 71.8 cm³/mol. The summed E-state index contributed by atoms with van der Waals surface area (Å²) in [4.78, 5) is 41.3. The Morgan fingerprint density at radius 3 is 2.05 bits per heavy atom. The molecule has 1 unspecified atom stereocenters. The van der Waals surface area contributed by atoms with E-state index in [4.69, 9.17) is 14.2 Å². The molecule has 120 valence electrons. The minimum Gasteiger partial charge on any atom is -0.476 e. The molecule has 0 saturated heterocycles. The van der Waals surface area contributed by atoms with Gasteiger partial charge >= 0.3 is 23.4 Å². The number of nitro groups is 1. The van der Waals surface area contributed by atoms with Crippen molar-refractivity contribution in [2.45, 2.75) is 19.8 Å². The number of carbonyl (C=O) groups excluding carboxylic acids is 2. The Labute approximate surface area is 125 Å². The molecule has 1 heterocycles. The summed E-state index contributed by atoms with van der Waals surface area (Å²) in [7, 11) is 2.32. The Bertz CT molecular complexity index is 577. The van der Waals surface area contributed by atoms with Crippen molar-refractivity contribution in [3.63, 3.8) is 0 Å². The third kappa shape index (κ3) is 3.45. The zero-order chi connectivity index (χ0) is 16.9. The third-order valence-electron chi connectivity index (χ3n) is 2.59. The fourth-order valence-corrected chi connectivity index (χ4v) is 1.68. The van der Waals surface area contributed by atoms with Crippen molar-refractivity contribution in [2.24, 2.45) is 0 Å². The highest BCUT2D eigenvalue weighted by Crippen LogP contribution is 2.34. The molecule has 10 nitrogen and oxygen atoms in total. The highest BCUT2D eigenvalue weighted by atomic mass is 16.6. The van der Waals surface area contributed by atoms with Crippen LogP contribution in [0.4, 0.5) is 5.69 Å². The molecule has 0 aliphatic carbocycles. The summed E-state index contributed by atoms with van der Waals surface area (Å²) < 4.78 is 14.4. The van der Waals surface area contributed by atoms with Gasteiger partial charge in [0.25, 0.3) is 0 Å². The molecule has 0 amide bonds. The number of nitrogens with zero attached hydrogens (tertiary/aromatic N) is 3. The number of ether oxygens (including phenoxy) is 3. The zero-order valence-corrected chi connectivity index (χ0v) is 12.5. The van der Waals surface area contributed by atoms with Crippen molar-refractivity contribution in [1.29, 1.82) is 0 Å². The molecule has 0 aliphatic rings. The molecule has 1 aromatic rings. The first-order chi connectivity index (χ1) is 10.4. The number of aromatic nitrogens is 2. The van der Waals surface area contributed by atoms with E-state index in [1.807, 2.05) is 0 Å². The lowest BCUT2D eigenvalue weighted by Crippen LogP contribution is -2.25. The maximum Gasteiger partial charge on any atom is 0.392 e. The summed E-state index contributed by atoms with van der Waals surface area (Å²) in [6.07, 6.45) is 0. The van der Waals surface area contributed by atoms with Crippen molar-refractivity contribution in [2.75, 3.05) is 20.8 Å². The van der Waals surface area contributed by atoms with Gasteiger partial charge in [-0.15, -0.1) is 0 Å². The molecule has 1 atom stereocenters. The first-order valence-electron chi connectivity index (χ1n) is 6.18. The molecule has 0 bridgehead atoms. The second-order valence-electron chi connectivity index (χ2n) is 4.00. The first kappa shape index (κ1) is 17.3. The van der Waals surface area contributed by atoms with Crippen LogP contribution in [0, 0.1) is 10.1 Å². The summed E-state index contributed by atoms with van der Waals surface area (Å²) in [5, 5.41) is 11.0. The highest BCUT2D eigenvalue weighted by Gasteiger charge is 2.35. The van der Waals surface area contributed by atoms with Crippen LogP contribution in [-0.4, -0.2) is 47.5 Å². The van der Waals surface area contributed by atoms with Gasteiger partial charge in [0, 0.05) is 0 Å². The van der Waals surface area contributed by atoms with Crippen LogP contribution in [0.3, 0.4) is 0 Å². The summed E-state index contributed by atoms with van der Waals surface area (Å²) in [5.74, 6) is -3.96. The van der Waals surface area contributed by atoms with E-state index in [1.165, 1.54) is 0 Å². The second kappa shape index (κ2) is 7.29. The molecule has 0 spiro atoms. The van der Waals surface area contributed by atoms with Gasteiger partial charge in [0.1, 0.15) is 0 Å². The van der Waals surface area contributed by atoms with Crippen LogP contribution < -0.4 is 9.47 Å². The number of carbonyl (C=O) groups is 2. The van der Waals surface area contributed by atoms with Gasteiger partial charge in [-0.25, -0.2) is 0 Å². The van der Waals surface area contributed by atoms with Gasteiger partial charge in [0.15, 0.2) is 17.5 Å². The Kier molecular flexibility index (Phi) is 5.72. The fraction of sp³-hybridized carbons (Fsp3) is 0.500. The van der Waals surface area contributed by atoms with Crippen molar-refractivity contribution in [3.05, 3.63) is 15.9 Å². The molecule has 22 heavy (non-hydrogen) atoms. The topological polar surface area (TPSA) is 131 Å². The van der Waals surface area contributed by atoms with Gasteiger partial charge in [0.05, 0.1) is 25.7 Å². The van der Waals surface area contributed by atoms with Crippen LogP contribution in [-0.2, 0) is 14.3 Å². The van der Waals surface area contributed by atoms with Crippen LogP contribution >= 0.6 is 0 Å². The van der Waals surface area contributed by atoms with Gasteiger partial charge in [-0.1, -0.05) is 0 Å².